The van der Waals surface area contributed by atoms with Crippen LogP contribution in [0.15, 0.2) is 67.0 Å². The lowest BCUT2D eigenvalue weighted by molar-refractivity contribution is 0.0950. The minimum atomic E-state index is -0.114. The van der Waals surface area contributed by atoms with E-state index in [4.69, 9.17) is 4.74 Å². The van der Waals surface area contributed by atoms with E-state index in [1.54, 1.807) is 13.3 Å². The van der Waals surface area contributed by atoms with Crippen LogP contribution in [-0.4, -0.2) is 41.0 Å². The molecule has 2 aromatic heterocycles. The Morgan fingerprint density at radius 2 is 1.94 bits per heavy atom. The molecule has 0 unspecified atom stereocenters. The Morgan fingerprint density at radius 1 is 1.09 bits per heavy atom. The summed E-state index contributed by atoms with van der Waals surface area (Å²) in [4.78, 5) is 24.2. The Kier molecular flexibility index (Phi) is 7.59. The topological polar surface area (TPSA) is 67.3 Å². The predicted octanol–water partition coefficient (Wildman–Crippen LogP) is 3.93. The second kappa shape index (κ2) is 11.0. The molecule has 6 heteroatoms. The number of rotatable bonds is 8. The van der Waals surface area contributed by atoms with Gasteiger partial charge in [0.2, 0.25) is 0 Å². The van der Waals surface area contributed by atoms with Crippen LogP contribution >= 0.6 is 0 Å². The number of amides is 1. The number of carbonyl (C=O) groups is 1. The van der Waals surface area contributed by atoms with Crippen LogP contribution in [0.2, 0.25) is 0 Å². The molecule has 1 amide bonds. The molecule has 1 saturated heterocycles. The Balaban J connectivity index is 1.34. The van der Waals surface area contributed by atoms with Crippen LogP contribution in [0.3, 0.4) is 0 Å². The molecular formula is C26H30N4O2. The van der Waals surface area contributed by atoms with Crippen molar-refractivity contribution in [3.05, 3.63) is 95.1 Å². The van der Waals surface area contributed by atoms with Gasteiger partial charge in [0, 0.05) is 50.7 Å². The average Bonchev–Trinajstić information content (AvgIpc) is 2.84. The second-order valence-electron chi connectivity index (χ2n) is 8.25. The summed E-state index contributed by atoms with van der Waals surface area (Å²) in [7, 11) is 1.67. The minimum absolute atomic E-state index is 0.114. The van der Waals surface area contributed by atoms with Crippen molar-refractivity contribution < 1.29 is 9.53 Å². The van der Waals surface area contributed by atoms with E-state index < -0.39 is 0 Å². The maximum atomic E-state index is 12.6. The quantitative estimate of drug-likeness (QED) is 0.586. The minimum Gasteiger partial charge on any atom is -0.380 e. The Hall–Kier alpha value is -3.09. The molecule has 0 aliphatic carbocycles. The number of benzene rings is 1. The third-order valence-corrected chi connectivity index (χ3v) is 5.94. The first-order valence-electron chi connectivity index (χ1n) is 11.1. The fourth-order valence-electron chi connectivity index (χ4n) is 4.25. The summed E-state index contributed by atoms with van der Waals surface area (Å²) in [6.07, 6.45) is 5.80. The molecule has 0 bridgehead atoms. The third kappa shape index (κ3) is 5.78. The third-order valence-electron chi connectivity index (χ3n) is 5.94. The monoisotopic (exact) mass is 430 g/mol. The van der Waals surface area contributed by atoms with Gasteiger partial charge < -0.3 is 10.1 Å². The smallest absolute Gasteiger partial charge is 0.253 e. The lowest BCUT2D eigenvalue weighted by Gasteiger charge is -2.32. The molecule has 4 rings (SSSR count). The van der Waals surface area contributed by atoms with Gasteiger partial charge in [-0.1, -0.05) is 30.3 Å². The molecule has 1 aliphatic heterocycles. The highest BCUT2D eigenvalue weighted by atomic mass is 16.5. The van der Waals surface area contributed by atoms with E-state index in [2.05, 4.69) is 26.3 Å². The van der Waals surface area contributed by atoms with Crippen LogP contribution in [-0.2, 0) is 24.4 Å². The summed E-state index contributed by atoms with van der Waals surface area (Å²) in [6, 6.07) is 17.9. The van der Waals surface area contributed by atoms with Crippen molar-refractivity contribution in [1.82, 2.24) is 20.2 Å². The summed E-state index contributed by atoms with van der Waals surface area (Å²) in [6.45, 7) is 3.90. The van der Waals surface area contributed by atoms with Crippen LogP contribution in [0.25, 0.3) is 0 Å². The number of aromatic nitrogens is 2. The standard InChI is InChI=1S/C26H30N4O2/c1-32-19-23-8-3-2-7-20(23)15-29-26(31)21-11-12-25(28-16-21)22-9-6-14-30(17-22)18-24-10-4-5-13-27-24/h2-5,7-8,10-13,16,22H,6,9,14-15,17-19H2,1H3,(H,29,31)/t22-/m0/s1. The van der Waals surface area contributed by atoms with E-state index in [1.165, 1.54) is 0 Å². The van der Waals surface area contributed by atoms with Gasteiger partial charge in [-0.2, -0.15) is 0 Å². The average molecular weight is 431 g/mol. The van der Waals surface area contributed by atoms with Crippen LogP contribution in [0, 0.1) is 0 Å². The molecule has 0 radical (unpaired) electrons. The van der Waals surface area contributed by atoms with Crippen molar-refractivity contribution in [2.24, 2.45) is 0 Å². The summed E-state index contributed by atoms with van der Waals surface area (Å²) >= 11 is 0. The summed E-state index contributed by atoms with van der Waals surface area (Å²) in [5, 5.41) is 3.00. The number of pyridine rings is 2. The zero-order chi connectivity index (χ0) is 22.2. The summed E-state index contributed by atoms with van der Waals surface area (Å²) < 4.78 is 5.24. The highest BCUT2D eigenvalue weighted by Crippen LogP contribution is 2.26. The first kappa shape index (κ1) is 22.1. The molecular weight excluding hydrogens is 400 g/mol. The molecule has 1 N–H and O–H groups in total. The van der Waals surface area contributed by atoms with Gasteiger partial charge in [-0.15, -0.1) is 0 Å². The zero-order valence-electron chi connectivity index (χ0n) is 18.5. The largest absolute Gasteiger partial charge is 0.380 e. The lowest BCUT2D eigenvalue weighted by atomic mass is 9.94. The van der Waals surface area contributed by atoms with E-state index in [1.807, 2.05) is 54.7 Å². The molecule has 1 aliphatic rings. The van der Waals surface area contributed by atoms with Gasteiger partial charge in [0.1, 0.15) is 0 Å². The zero-order valence-corrected chi connectivity index (χ0v) is 18.5. The molecule has 3 heterocycles. The van der Waals surface area contributed by atoms with Crippen molar-refractivity contribution in [2.75, 3.05) is 20.2 Å². The number of hydrogen-bond acceptors (Lipinski definition) is 5. The Morgan fingerprint density at radius 3 is 2.69 bits per heavy atom. The van der Waals surface area contributed by atoms with E-state index in [0.29, 0.717) is 24.6 Å². The number of likely N-dealkylation sites (tertiary alicyclic amines) is 1. The number of nitrogens with one attached hydrogen (secondary N) is 1. The van der Waals surface area contributed by atoms with E-state index in [0.717, 1.165) is 55.0 Å². The number of hydrogen-bond donors (Lipinski definition) is 1. The number of ether oxygens (including phenoxy) is 1. The Bertz CT molecular complexity index is 1010. The summed E-state index contributed by atoms with van der Waals surface area (Å²) in [5.41, 5.74) is 4.87. The van der Waals surface area contributed by atoms with Gasteiger partial charge in [0.25, 0.3) is 5.91 Å². The van der Waals surface area contributed by atoms with E-state index in [9.17, 15) is 4.79 Å². The molecule has 3 aromatic rings. The molecule has 6 nitrogen and oxygen atoms in total. The molecule has 1 aromatic carbocycles. The van der Waals surface area contributed by atoms with Gasteiger partial charge in [0.05, 0.1) is 17.9 Å². The van der Waals surface area contributed by atoms with Gasteiger partial charge in [-0.3, -0.25) is 19.7 Å². The molecule has 166 valence electrons. The molecule has 0 spiro atoms. The normalized spacial score (nSPS) is 16.6. The summed E-state index contributed by atoms with van der Waals surface area (Å²) in [5.74, 6) is 0.266. The first-order valence-corrected chi connectivity index (χ1v) is 11.1. The first-order chi connectivity index (χ1) is 15.7. The van der Waals surface area contributed by atoms with Crippen LogP contribution < -0.4 is 5.32 Å². The highest BCUT2D eigenvalue weighted by molar-refractivity contribution is 5.93. The van der Waals surface area contributed by atoms with E-state index in [-0.39, 0.29) is 5.91 Å². The fourth-order valence-corrected chi connectivity index (χ4v) is 4.25. The van der Waals surface area contributed by atoms with Gasteiger partial charge in [0.15, 0.2) is 0 Å². The number of carbonyl (C=O) groups excluding carboxylic acids is 1. The van der Waals surface area contributed by atoms with Crippen molar-refractivity contribution in [1.29, 1.82) is 0 Å². The number of methoxy groups -OCH3 is 1. The van der Waals surface area contributed by atoms with Crippen molar-refractivity contribution >= 4 is 5.91 Å². The lowest BCUT2D eigenvalue weighted by Crippen LogP contribution is -2.34. The van der Waals surface area contributed by atoms with Gasteiger partial charge >= 0.3 is 0 Å². The van der Waals surface area contributed by atoms with Gasteiger partial charge in [-0.05, 0) is 54.8 Å². The second-order valence-corrected chi connectivity index (χ2v) is 8.25. The van der Waals surface area contributed by atoms with Crippen LogP contribution in [0.4, 0.5) is 0 Å². The van der Waals surface area contributed by atoms with Crippen molar-refractivity contribution in [2.45, 2.75) is 38.5 Å². The molecule has 0 saturated carbocycles. The Labute approximate surface area is 189 Å². The predicted molar refractivity (Wildman–Crippen MR) is 124 cm³/mol. The molecule has 1 atom stereocenters. The number of nitrogens with zero attached hydrogens (tertiary/aromatic N) is 3. The fraction of sp³-hybridized carbons (Fsp3) is 0.346. The maximum Gasteiger partial charge on any atom is 0.253 e. The number of piperidine rings is 1. The maximum absolute atomic E-state index is 12.6. The highest BCUT2D eigenvalue weighted by Gasteiger charge is 2.23. The van der Waals surface area contributed by atoms with Gasteiger partial charge in [-0.25, -0.2) is 0 Å². The van der Waals surface area contributed by atoms with E-state index >= 15 is 0 Å². The van der Waals surface area contributed by atoms with Crippen molar-refractivity contribution in [3.8, 4) is 0 Å². The van der Waals surface area contributed by atoms with Crippen LogP contribution in [0.1, 0.15) is 51.6 Å². The molecule has 32 heavy (non-hydrogen) atoms. The molecule has 1 fully saturated rings. The van der Waals surface area contributed by atoms with Crippen molar-refractivity contribution in [3.63, 3.8) is 0 Å². The SMILES string of the molecule is COCc1ccccc1CNC(=O)c1ccc([C@H]2CCCN(Cc3ccccn3)C2)nc1. The van der Waals surface area contributed by atoms with Crippen LogP contribution in [0.5, 0.6) is 0 Å².